The smallest absolute Gasteiger partial charge is 0.481 e. The van der Waals surface area contributed by atoms with Crippen molar-refractivity contribution in [1.82, 2.24) is 5.32 Å². The summed E-state index contributed by atoms with van der Waals surface area (Å²) >= 11 is 0. The van der Waals surface area contributed by atoms with Crippen LogP contribution in [0.2, 0.25) is 0 Å². The van der Waals surface area contributed by atoms with Gasteiger partial charge in [-0.25, -0.2) is 8.42 Å². The van der Waals surface area contributed by atoms with E-state index in [1.54, 1.807) is 0 Å². The van der Waals surface area contributed by atoms with Gasteiger partial charge in [0.2, 0.25) is 5.91 Å². The van der Waals surface area contributed by atoms with Crippen LogP contribution in [0.25, 0.3) is 0 Å². The summed E-state index contributed by atoms with van der Waals surface area (Å²) in [6.07, 6.45) is -5.45. The Morgan fingerprint density at radius 1 is 1.19 bits per heavy atom. The molecule has 1 aromatic carbocycles. The highest BCUT2D eigenvalue weighted by atomic mass is 32.2. The number of sulfone groups is 1. The largest absolute Gasteiger partial charge is 0.573 e. The number of carboxylic acids is 1. The van der Waals surface area contributed by atoms with Crippen LogP contribution in [0.15, 0.2) is 24.3 Å². The van der Waals surface area contributed by atoms with Gasteiger partial charge in [-0.1, -0.05) is 12.1 Å². The fourth-order valence-corrected chi connectivity index (χ4v) is 2.70. The van der Waals surface area contributed by atoms with Crippen molar-refractivity contribution in [3.8, 4) is 5.75 Å². The summed E-state index contributed by atoms with van der Waals surface area (Å²) in [5.41, 5.74) is 0.192. The lowest BCUT2D eigenvalue weighted by Crippen LogP contribution is -2.36. The van der Waals surface area contributed by atoms with E-state index >= 15 is 0 Å². The number of benzene rings is 1. The third-order valence-corrected chi connectivity index (χ3v) is 5.38. The third-order valence-electron chi connectivity index (χ3n) is 3.28. The second-order valence-corrected chi connectivity index (χ2v) is 8.25. The van der Waals surface area contributed by atoms with Crippen molar-refractivity contribution in [2.24, 2.45) is 0 Å². The number of halogens is 3. The molecule has 0 bridgehead atoms. The molecule has 0 saturated carbocycles. The summed E-state index contributed by atoms with van der Waals surface area (Å²) in [6, 6.07) is 3.14. The van der Waals surface area contributed by atoms with Crippen molar-refractivity contribution < 1.29 is 41.0 Å². The predicted molar refractivity (Wildman–Crippen MR) is 85.2 cm³/mol. The molecular formula is C15H18F3NO6S. The fourth-order valence-electron chi connectivity index (χ4n) is 1.91. The second-order valence-electron chi connectivity index (χ2n) is 5.69. The van der Waals surface area contributed by atoms with Crippen molar-refractivity contribution in [1.29, 1.82) is 0 Å². The number of rotatable bonds is 8. The SMILES string of the molecule is CC(C)S(=O)(=O)CC(=O)NC(CC(=O)O)c1ccc(OC(F)(F)F)cc1. The van der Waals surface area contributed by atoms with Crippen molar-refractivity contribution in [2.45, 2.75) is 37.9 Å². The first-order chi connectivity index (χ1) is 11.8. The van der Waals surface area contributed by atoms with E-state index < -0.39 is 57.3 Å². The molecule has 0 aliphatic carbocycles. The molecule has 1 aromatic rings. The first-order valence-corrected chi connectivity index (χ1v) is 9.10. The van der Waals surface area contributed by atoms with Crippen molar-refractivity contribution >= 4 is 21.7 Å². The minimum Gasteiger partial charge on any atom is -0.481 e. The molecule has 0 aliphatic rings. The van der Waals surface area contributed by atoms with Crippen LogP contribution in [-0.4, -0.2) is 42.8 Å². The number of carbonyl (C=O) groups is 2. The zero-order chi connectivity index (χ0) is 20.1. The van der Waals surface area contributed by atoms with Crippen LogP contribution in [0.5, 0.6) is 5.75 Å². The predicted octanol–water partition coefficient (Wildman–Crippen LogP) is 2.04. The lowest BCUT2D eigenvalue weighted by atomic mass is 10.0. The van der Waals surface area contributed by atoms with E-state index in [2.05, 4.69) is 10.1 Å². The highest BCUT2D eigenvalue weighted by Gasteiger charge is 2.31. The second kappa shape index (κ2) is 8.39. The number of aliphatic carboxylic acids is 1. The van der Waals surface area contributed by atoms with Gasteiger partial charge in [-0.2, -0.15) is 0 Å². The van der Waals surface area contributed by atoms with E-state index in [-0.39, 0.29) is 5.56 Å². The summed E-state index contributed by atoms with van der Waals surface area (Å²) in [6.45, 7) is 2.80. The molecule has 0 saturated heterocycles. The normalized spacial score (nSPS) is 13.3. The Balaban J connectivity index is 2.93. The lowest BCUT2D eigenvalue weighted by Gasteiger charge is -2.18. The van der Waals surface area contributed by atoms with Crippen LogP contribution < -0.4 is 10.1 Å². The number of carboxylic acid groups (broad SMARTS) is 1. The van der Waals surface area contributed by atoms with E-state index in [4.69, 9.17) is 5.11 Å². The molecule has 0 heterocycles. The maximum absolute atomic E-state index is 12.2. The zero-order valence-electron chi connectivity index (χ0n) is 13.9. The van der Waals surface area contributed by atoms with Gasteiger partial charge in [0.25, 0.3) is 0 Å². The number of hydrogen-bond donors (Lipinski definition) is 2. The van der Waals surface area contributed by atoms with Gasteiger partial charge in [0.15, 0.2) is 9.84 Å². The molecule has 2 N–H and O–H groups in total. The van der Waals surface area contributed by atoms with E-state index in [0.717, 1.165) is 24.3 Å². The van der Waals surface area contributed by atoms with Crippen LogP contribution in [0.4, 0.5) is 13.2 Å². The number of carbonyl (C=O) groups excluding carboxylic acids is 1. The summed E-state index contributed by atoms with van der Waals surface area (Å²) in [7, 11) is -3.69. The number of nitrogens with one attached hydrogen (secondary N) is 1. The van der Waals surface area contributed by atoms with E-state index in [1.807, 2.05) is 0 Å². The quantitative estimate of drug-likeness (QED) is 0.695. The molecule has 0 aliphatic heterocycles. The molecule has 1 atom stereocenters. The summed E-state index contributed by atoms with van der Waals surface area (Å²) in [5.74, 6) is -3.52. The minimum absolute atomic E-state index is 0.192. The Morgan fingerprint density at radius 2 is 1.73 bits per heavy atom. The van der Waals surface area contributed by atoms with Crippen LogP contribution in [0.1, 0.15) is 31.9 Å². The Labute approximate surface area is 148 Å². The number of alkyl halides is 3. The van der Waals surface area contributed by atoms with Gasteiger partial charge < -0.3 is 15.2 Å². The van der Waals surface area contributed by atoms with Crippen molar-refractivity contribution in [3.63, 3.8) is 0 Å². The highest BCUT2D eigenvalue weighted by molar-refractivity contribution is 7.92. The molecule has 0 radical (unpaired) electrons. The fraction of sp³-hybridized carbons (Fsp3) is 0.467. The molecule has 1 amide bonds. The maximum Gasteiger partial charge on any atom is 0.573 e. The van der Waals surface area contributed by atoms with Crippen LogP contribution >= 0.6 is 0 Å². The van der Waals surface area contributed by atoms with E-state index in [0.29, 0.717) is 0 Å². The summed E-state index contributed by atoms with van der Waals surface area (Å²) in [4.78, 5) is 22.9. The first kappa shape index (κ1) is 21.7. The van der Waals surface area contributed by atoms with Crippen LogP contribution in [0.3, 0.4) is 0 Å². The molecule has 7 nitrogen and oxygen atoms in total. The Bertz CT molecular complexity index is 744. The third kappa shape index (κ3) is 7.30. The standard InChI is InChI=1S/C15H18F3NO6S/c1-9(2)26(23,24)8-13(20)19-12(7-14(21)22)10-3-5-11(6-4-10)25-15(16,17)18/h3-6,9,12H,7-8H2,1-2H3,(H,19,20)(H,21,22). The van der Waals surface area contributed by atoms with Gasteiger partial charge in [-0.15, -0.1) is 13.2 Å². The zero-order valence-corrected chi connectivity index (χ0v) is 14.7. The van der Waals surface area contributed by atoms with Gasteiger partial charge in [0.05, 0.1) is 17.7 Å². The highest BCUT2D eigenvalue weighted by Crippen LogP contribution is 2.25. The molecule has 1 rings (SSSR count). The monoisotopic (exact) mass is 397 g/mol. The minimum atomic E-state index is -4.87. The molecule has 146 valence electrons. The Hall–Kier alpha value is -2.30. The number of ether oxygens (including phenoxy) is 1. The molecule has 0 spiro atoms. The maximum atomic E-state index is 12.2. The average Bonchev–Trinajstić information content (AvgIpc) is 2.44. The molecule has 0 aromatic heterocycles. The Kier molecular flexibility index (Phi) is 7.01. The molecule has 1 unspecified atom stereocenters. The van der Waals surface area contributed by atoms with Crippen molar-refractivity contribution in [2.75, 3.05) is 5.75 Å². The van der Waals surface area contributed by atoms with Gasteiger partial charge in [0.1, 0.15) is 11.5 Å². The molecule has 26 heavy (non-hydrogen) atoms. The topological polar surface area (TPSA) is 110 Å². The lowest BCUT2D eigenvalue weighted by molar-refractivity contribution is -0.274. The van der Waals surface area contributed by atoms with Gasteiger partial charge >= 0.3 is 12.3 Å². The van der Waals surface area contributed by atoms with E-state index in [9.17, 15) is 31.2 Å². The molecule has 11 heteroatoms. The molecular weight excluding hydrogens is 379 g/mol. The Morgan fingerprint density at radius 3 is 2.15 bits per heavy atom. The number of amides is 1. The average molecular weight is 397 g/mol. The van der Waals surface area contributed by atoms with Gasteiger partial charge in [0, 0.05) is 0 Å². The number of hydrogen-bond acceptors (Lipinski definition) is 5. The summed E-state index contributed by atoms with van der Waals surface area (Å²) in [5, 5.41) is 10.4. The van der Waals surface area contributed by atoms with Gasteiger partial charge in [-0.05, 0) is 31.5 Å². The van der Waals surface area contributed by atoms with E-state index in [1.165, 1.54) is 13.8 Å². The molecule has 0 fully saturated rings. The van der Waals surface area contributed by atoms with Crippen LogP contribution in [-0.2, 0) is 19.4 Å². The summed E-state index contributed by atoms with van der Waals surface area (Å²) < 4.78 is 63.7. The first-order valence-electron chi connectivity index (χ1n) is 7.38. The van der Waals surface area contributed by atoms with Crippen LogP contribution in [0, 0.1) is 0 Å². The van der Waals surface area contributed by atoms with Gasteiger partial charge in [-0.3, -0.25) is 9.59 Å². The van der Waals surface area contributed by atoms with Crippen molar-refractivity contribution in [3.05, 3.63) is 29.8 Å².